The standard InChI is InChI=1S/C12H15ClN2O/c1-12(2,3)11-9(7-16)15-5-4-8(13)6-10(15)14-11/h4-6,16H,7H2,1-3H3. The topological polar surface area (TPSA) is 37.5 Å². The zero-order valence-corrected chi connectivity index (χ0v) is 10.4. The molecule has 0 atom stereocenters. The molecule has 2 heterocycles. The predicted octanol–water partition coefficient (Wildman–Crippen LogP) is 2.78. The SMILES string of the molecule is CC(C)(C)c1nc2cc(Cl)ccn2c1CO. The summed E-state index contributed by atoms with van der Waals surface area (Å²) < 4.78 is 1.88. The molecule has 0 fully saturated rings. The van der Waals surface area contributed by atoms with Gasteiger partial charge in [0.15, 0.2) is 0 Å². The number of hydrogen-bond acceptors (Lipinski definition) is 2. The molecule has 0 aliphatic rings. The Kier molecular flexibility index (Phi) is 2.68. The van der Waals surface area contributed by atoms with E-state index >= 15 is 0 Å². The van der Waals surface area contributed by atoms with Crippen LogP contribution in [0.25, 0.3) is 5.65 Å². The molecule has 3 nitrogen and oxygen atoms in total. The molecule has 0 aliphatic carbocycles. The van der Waals surface area contributed by atoms with E-state index in [0.29, 0.717) is 5.02 Å². The number of halogens is 1. The van der Waals surface area contributed by atoms with Crippen molar-refractivity contribution >= 4 is 17.2 Å². The van der Waals surface area contributed by atoms with Gasteiger partial charge in [-0.2, -0.15) is 0 Å². The number of aliphatic hydroxyl groups excluding tert-OH is 1. The van der Waals surface area contributed by atoms with Gasteiger partial charge in [-0.15, -0.1) is 0 Å². The molecule has 0 saturated heterocycles. The molecular formula is C12H15ClN2O. The molecule has 0 amide bonds. The van der Waals surface area contributed by atoms with E-state index in [1.54, 1.807) is 12.1 Å². The Balaban J connectivity index is 2.76. The molecular weight excluding hydrogens is 224 g/mol. The van der Waals surface area contributed by atoms with Crippen molar-refractivity contribution in [3.63, 3.8) is 0 Å². The largest absolute Gasteiger partial charge is 0.390 e. The summed E-state index contributed by atoms with van der Waals surface area (Å²) in [6, 6.07) is 3.60. The summed E-state index contributed by atoms with van der Waals surface area (Å²) in [7, 11) is 0. The minimum Gasteiger partial charge on any atom is -0.390 e. The van der Waals surface area contributed by atoms with Crippen molar-refractivity contribution in [3.8, 4) is 0 Å². The van der Waals surface area contributed by atoms with Crippen molar-refractivity contribution in [2.24, 2.45) is 0 Å². The minimum absolute atomic E-state index is 0.0185. The van der Waals surface area contributed by atoms with Crippen molar-refractivity contribution in [2.45, 2.75) is 32.8 Å². The average Bonchev–Trinajstić information content (AvgIpc) is 2.54. The van der Waals surface area contributed by atoms with Gasteiger partial charge < -0.3 is 9.51 Å². The summed E-state index contributed by atoms with van der Waals surface area (Å²) in [5.41, 5.74) is 2.44. The molecule has 0 unspecified atom stereocenters. The number of pyridine rings is 1. The van der Waals surface area contributed by atoms with Gasteiger partial charge in [0.2, 0.25) is 0 Å². The van der Waals surface area contributed by atoms with Crippen LogP contribution in [-0.4, -0.2) is 14.5 Å². The van der Waals surface area contributed by atoms with Crippen LogP contribution in [0.5, 0.6) is 0 Å². The van der Waals surface area contributed by atoms with Crippen LogP contribution in [0.2, 0.25) is 5.02 Å². The van der Waals surface area contributed by atoms with E-state index in [4.69, 9.17) is 11.6 Å². The van der Waals surface area contributed by atoms with Crippen molar-refractivity contribution in [2.75, 3.05) is 0 Å². The Labute approximate surface area is 99.7 Å². The van der Waals surface area contributed by atoms with Gasteiger partial charge in [-0.3, -0.25) is 0 Å². The van der Waals surface area contributed by atoms with E-state index in [9.17, 15) is 5.11 Å². The van der Waals surface area contributed by atoms with Gasteiger partial charge in [-0.1, -0.05) is 32.4 Å². The van der Waals surface area contributed by atoms with Gasteiger partial charge in [0, 0.05) is 22.7 Å². The molecule has 2 aromatic rings. The van der Waals surface area contributed by atoms with E-state index in [0.717, 1.165) is 17.0 Å². The van der Waals surface area contributed by atoms with Crippen LogP contribution in [0.15, 0.2) is 18.3 Å². The molecule has 0 spiro atoms. The highest BCUT2D eigenvalue weighted by Crippen LogP contribution is 2.27. The molecule has 1 N–H and O–H groups in total. The van der Waals surface area contributed by atoms with E-state index in [2.05, 4.69) is 25.8 Å². The van der Waals surface area contributed by atoms with E-state index in [-0.39, 0.29) is 12.0 Å². The molecule has 0 radical (unpaired) electrons. The maximum Gasteiger partial charge on any atom is 0.138 e. The number of hydrogen-bond donors (Lipinski definition) is 1. The second kappa shape index (κ2) is 3.75. The second-order valence-electron chi connectivity index (χ2n) is 4.89. The fourth-order valence-corrected chi connectivity index (χ4v) is 1.98. The maximum absolute atomic E-state index is 9.44. The summed E-state index contributed by atoms with van der Waals surface area (Å²) in [6.07, 6.45) is 1.84. The third-order valence-corrected chi connectivity index (χ3v) is 2.78. The van der Waals surface area contributed by atoms with E-state index < -0.39 is 0 Å². The Morgan fingerprint density at radius 1 is 1.44 bits per heavy atom. The third kappa shape index (κ3) is 1.81. The lowest BCUT2D eigenvalue weighted by atomic mass is 9.91. The normalized spacial score (nSPS) is 12.3. The van der Waals surface area contributed by atoms with E-state index in [1.165, 1.54) is 0 Å². The van der Waals surface area contributed by atoms with Crippen molar-refractivity contribution < 1.29 is 5.11 Å². The summed E-state index contributed by atoms with van der Waals surface area (Å²) in [6.45, 7) is 6.22. The Bertz CT molecular complexity index is 526. The first-order valence-corrected chi connectivity index (χ1v) is 5.59. The van der Waals surface area contributed by atoms with Crippen LogP contribution in [0.1, 0.15) is 32.2 Å². The monoisotopic (exact) mass is 238 g/mol. The lowest BCUT2D eigenvalue weighted by Gasteiger charge is -2.16. The van der Waals surface area contributed by atoms with Gasteiger partial charge in [-0.25, -0.2) is 4.98 Å². The first-order chi connectivity index (χ1) is 7.43. The van der Waals surface area contributed by atoms with Crippen LogP contribution in [0, 0.1) is 0 Å². The Morgan fingerprint density at radius 2 is 2.12 bits per heavy atom. The maximum atomic E-state index is 9.44. The molecule has 2 rings (SSSR count). The molecule has 2 aromatic heterocycles. The van der Waals surface area contributed by atoms with Gasteiger partial charge in [-0.05, 0) is 6.07 Å². The zero-order valence-electron chi connectivity index (χ0n) is 9.66. The number of imidazole rings is 1. The van der Waals surface area contributed by atoms with Crippen LogP contribution in [0.4, 0.5) is 0 Å². The highest BCUT2D eigenvalue weighted by molar-refractivity contribution is 6.30. The third-order valence-electron chi connectivity index (χ3n) is 2.55. The highest BCUT2D eigenvalue weighted by Gasteiger charge is 2.23. The molecule has 0 bridgehead atoms. The van der Waals surface area contributed by atoms with Crippen LogP contribution in [-0.2, 0) is 12.0 Å². The van der Waals surface area contributed by atoms with Crippen molar-refractivity contribution in [3.05, 3.63) is 34.7 Å². The predicted molar refractivity (Wildman–Crippen MR) is 64.8 cm³/mol. The molecule has 16 heavy (non-hydrogen) atoms. The summed E-state index contributed by atoms with van der Waals surface area (Å²) in [5.74, 6) is 0. The summed E-state index contributed by atoms with van der Waals surface area (Å²) in [5, 5.41) is 10.1. The Hall–Kier alpha value is -1.06. The number of nitrogens with zero attached hydrogens (tertiary/aromatic N) is 2. The molecule has 4 heteroatoms. The molecule has 0 aliphatic heterocycles. The first-order valence-electron chi connectivity index (χ1n) is 5.21. The van der Waals surface area contributed by atoms with Gasteiger partial charge in [0.1, 0.15) is 5.65 Å². The second-order valence-corrected chi connectivity index (χ2v) is 5.32. The molecule has 0 aromatic carbocycles. The lowest BCUT2D eigenvalue weighted by molar-refractivity contribution is 0.272. The van der Waals surface area contributed by atoms with Crippen molar-refractivity contribution in [1.29, 1.82) is 0 Å². The number of aliphatic hydroxyl groups is 1. The van der Waals surface area contributed by atoms with Crippen molar-refractivity contribution in [1.82, 2.24) is 9.38 Å². The Morgan fingerprint density at radius 3 is 2.69 bits per heavy atom. The quantitative estimate of drug-likeness (QED) is 0.830. The summed E-state index contributed by atoms with van der Waals surface area (Å²) in [4.78, 5) is 4.53. The average molecular weight is 239 g/mol. The van der Waals surface area contributed by atoms with Gasteiger partial charge in [0.05, 0.1) is 18.0 Å². The number of rotatable bonds is 1. The first kappa shape index (κ1) is 11.4. The van der Waals surface area contributed by atoms with Crippen LogP contribution < -0.4 is 0 Å². The fraction of sp³-hybridized carbons (Fsp3) is 0.417. The summed E-state index contributed by atoms with van der Waals surface area (Å²) >= 11 is 5.92. The van der Waals surface area contributed by atoms with Gasteiger partial charge >= 0.3 is 0 Å². The lowest BCUT2D eigenvalue weighted by Crippen LogP contribution is -2.14. The zero-order chi connectivity index (χ0) is 11.9. The molecule has 0 saturated carbocycles. The molecule has 86 valence electrons. The smallest absolute Gasteiger partial charge is 0.138 e. The highest BCUT2D eigenvalue weighted by atomic mass is 35.5. The number of aromatic nitrogens is 2. The van der Waals surface area contributed by atoms with Crippen LogP contribution >= 0.6 is 11.6 Å². The van der Waals surface area contributed by atoms with Gasteiger partial charge in [0.25, 0.3) is 0 Å². The minimum atomic E-state index is -0.0867. The number of fused-ring (bicyclic) bond motifs is 1. The fourth-order valence-electron chi connectivity index (χ4n) is 1.82. The van der Waals surface area contributed by atoms with Crippen LogP contribution in [0.3, 0.4) is 0 Å². The van der Waals surface area contributed by atoms with E-state index in [1.807, 2.05) is 10.6 Å².